The maximum absolute atomic E-state index is 5.27. The molecule has 0 N–H and O–H groups in total. The molecule has 0 radical (unpaired) electrons. The van der Waals surface area contributed by atoms with E-state index in [0.29, 0.717) is 5.82 Å². The molecule has 0 fully saturated rings. The van der Waals surface area contributed by atoms with Crippen LogP contribution < -0.4 is 0 Å². The average Bonchev–Trinajstić information content (AvgIpc) is 3.35. The minimum absolute atomic E-state index is 0.118. The Labute approximate surface area is 351 Å². The summed E-state index contributed by atoms with van der Waals surface area (Å²) in [4.78, 5) is 19.9. The number of benzene rings is 7. The molecular weight excluding hydrogens is 729 g/mol. The number of pyridine rings is 1. The molecule has 0 aliphatic carbocycles. The van der Waals surface area contributed by atoms with Crippen LogP contribution in [-0.4, -0.2) is 21.2 Å². The van der Waals surface area contributed by atoms with Crippen molar-refractivity contribution in [3.05, 3.63) is 224 Å². The van der Waals surface area contributed by atoms with Gasteiger partial charge in [0.05, 0.1) is 23.1 Å². The fourth-order valence-electron chi connectivity index (χ4n) is 8.13. The lowest BCUT2D eigenvalue weighted by molar-refractivity contribution is 0.742. The minimum atomic E-state index is 0.118. The van der Waals surface area contributed by atoms with Gasteiger partial charge in [-0.3, -0.25) is 9.98 Å². The highest BCUT2D eigenvalue weighted by molar-refractivity contribution is 5.85. The summed E-state index contributed by atoms with van der Waals surface area (Å²) >= 11 is 0. The molecule has 0 amide bonds. The Bertz CT molecular complexity index is 3020. The highest BCUT2D eigenvalue weighted by atomic mass is 14.9. The number of rotatable bonds is 9. The van der Waals surface area contributed by atoms with Crippen LogP contribution in [0.2, 0.25) is 0 Å². The van der Waals surface area contributed by atoms with E-state index in [-0.39, 0.29) is 6.04 Å². The highest BCUT2D eigenvalue weighted by Crippen LogP contribution is 2.38. The van der Waals surface area contributed by atoms with Crippen molar-refractivity contribution in [2.75, 3.05) is 0 Å². The first-order valence-corrected chi connectivity index (χ1v) is 20.4. The summed E-state index contributed by atoms with van der Waals surface area (Å²) in [5, 5.41) is 0. The number of hydrogen-bond acceptors (Lipinski definition) is 4. The van der Waals surface area contributed by atoms with Crippen molar-refractivity contribution in [3.8, 4) is 89.7 Å². The number of aliphatic imine (C=N–C) groups is 1. The Morgan fingerprint density at radius 1 is 0.367 bits per heavy atom. The number of allylic oxidation sites excluding steroid dienone is 1. The number of hydrogen-bond donors (Lipinski definition) is 0. The van der Waals surface area contributed by atoms with Gasteiger partial charge in [-0.1, -0.05) is 164 Å². The van der Waals surface area contributed by atoms with Gasteiger partial charge < -0.3 is 0 Å². The van der Waals surface area contributed by atoms with Crippen LogP contribution in [-0.2, 0) is 0 Å². The maximum atomic E-state index is 5.27. The van der Waals surface area contributed by atoms with E-state index in [0.717, 1.165) is 79.1 Å². The smallest absolute Gasteiger partial charge is 0.160 e. The molecule has 284 valence electrons. The molecule has 3 heterocycles. The summed E-state index contributed by atoms with van der Waals surface area (Å²) in [5.41, 5.74) is 17.2. The van der Waals surface area contributed by atoms with E-state index in [9.17, 15) is 0 Å². The van der Waals surface area contributed by atoms with Crippen molar-refractivity contribution in [2.24, 2.45) is 4.99 Å². The van der Waals surface area contributed by atoms with Gasteiger partial charge in [0.1, 0.15) is 0 Å². The normalized spacial score (nSPS) is 13.3. The maximum Gasteiger partial charge on any atom is 0.160 e. The molecule has 1 unspecified atom stereocenters. The summed E-state index contributed by atoms with van der Waals surface area (Å²) in [7, 11) is 0. The molecule has 7 aromatic carbocycles. The molecule has 0 spiro atoms. The summed E-state index contributed by atoms with van der Waals surface area (Å²) in [6.07, 6.45) is 8.88. The molecule has 9 aromatic rings. The molecule has 4 nitrogen and oxygen atoms in total. The quantitative estimate of drug-likeness (QED) is 0.147. The lowest BCUT2D eigenvalue weighted by Gasteiger charge is -2.18. The van der Waals surface area contributed by atoms with Gasteiger partial charge >= 0.3 is 0 Å². The first-order valence-electron chi connectivity index (χ1n) is 20.4. The Hall–Kier alpha value is -7.82. The lowest BCUT2D eigenvalue weighted by atomic mass is 9.91. The topological polar surface area (TPSA) is 51.0 Å². The number of nitrogens with zero attached hydrogens (tertiary/aromatic N) is 4. The summed E-state index contributed by atoms with van der Waals surface area (Å²) in [5.74, 6) is 0.677. The summed E-state index contributed by atoms with van der Waals surface area (Å²) < 4.78 is 0. The van der Waals surface area contributed by atoms with Crippen molar-refractivity contribution in [1.82, 2.24) is 15.0 Å². The molecule has 0 saturated carbocycles. The van der Waals surface area contributed by atoms with Crippen molar-refractivity contribution in [3.63, 3.8) is 0 Å². The van der Waals surface area contributed by atoms with E-state index in [1.807, 2.05) is 36.7 Å². The molecule has 10 rings (SSSR count). The van der Waals surface area contributed by atoms with Crippen LogP contribution in [0, 0.1) is 0 Å². The minimum Gasteiger partial charge on any atom is -0.285 e. The van der Waals surface area contributed by atoms with E-state index in [1.54, 1.807) is 0 Å². The first-order chi connectivity index (χ1) is 29.7. The Balaban J connectivity index is 1.02. The third kappa shape index (κ3) is 7.62. The molecule has 1 aliphatic rings. The Kier molecular flexibility index (Phi) is 10.1. The van der Waals surface area contributed by atoms with Gasteiger partial charge in [-0.25, -0.2) is 9.97 Å². The molecule has 60 heavy (non-hydrogen) atoms. The zero-order chi connectivity index (χ0) is 40.1. The van der Waals surface area contributed by atoms with Gasteiger partial charge in [0, 0.05) is 34.7 Å². The van der Waals surface area contributed by atoms with Crippen LogP contribution in [0.3, 0.4) is 0 Å². The third-order valence-electron chi connectivity index (χ3n) is 11.1. The summed E-state index contributed by atoms with van der Waals surface area (Å²) in [6, 6.07) is 70.5. The van der Waals surface area contributed by atoms with Crippen LogP contribution in [0.15, 0.2) is 224 Å². The van der Waals surface area contributed by atoms with E-state index >= 15 is 0 Å². The monoisotopic (exact) mass is 768 g/mol. The third-order valence-corrected chi connectivity index (χ3v) is 11.1. The van der Waals surface area contributed by atoms with E-state index in [1.165, 1.54) is 16.7 Å². The molecule has 1 atom stereocenters. The largest absolute Gasteiger partial charge is 0.285 e. The highest BCUT2D eigenvalue weighted by Gasteiger charge is 2.17. The van der Waals surface area contributed by atoms with Crippen LogP contribution in [0.4, 0.5) is 0 Å². The first kappa shape index (κ1) is 36.5. The Morgan fingerprint density at radius 3 is 1.55 bits per heavy atom. The van der Waals surface area contributed by atoms with Gasteiger partial charge in [-0.15, -0.1) is 0 Å². The molecule has 4 heteroatoms. The molecular formula is C56H40N4. The van der Waals surface area contributed by atoms with Crippen LogP contribution >= 0.6 is 0 Å². The van der Waals surface area contributed by atoms with E-state index < -0.39 is 0 Å². The summed E-state index contributed by atoms with van der Waals surface area (Å²) in [6.45, 7) is 0. The standard InChI is InChI=1S/C56H40N4/c1-2-16-39(17-3-1)54-38-55(46-24-14-20-42(36-46)40-18-12-22-44(34-40)48-26-4-6-28-50(48)52-30-8-10-32-57-52)60-56(59-54)47-25-15-21-43(37-47)41-19-13-23-45(35-41)49-27-5-7-29-51(49)53-31-9-11-33-58-53/h1-30,32-38,53H,31H2. The number of dihydropyridines is 1. The molecule has 0 bridgehead atoms. The van der Waals surface area contributed by atoms with Gasteiger partial charge in [0.2, 0.25) is 0 Å². The SMILES string of the molecule is C1=CCC(c2ccccc2-c2cccc(-c3cccc(-c4nc(-c5ccccc5)cc(-c5cccc(-c6cccc(-c7ccccc7-c7ccccn7)c6)c5)n4)c3)c2)N=C1. The van der Waals surface area contributed by atoms with E-state index in [4.69, 9.17) is 15.0 Å². The second-order valence-electron chi connectivity index (χ2n) is 15.0. The van der Waals surface area contributed by atoms with Crippen molar-refractivity contribution >= 4 is 6.21 Å². The van der Waals surface area contributed by atoms with Gasteiger partial charge in [-0.05, 0) is 105 Å². The number of aromatic nitrogens is 3. The van der Waals surface area contributed by atoms with Crippen LogP contribution in [0.5, 0.6) is 0 Å². The zero-order valence-corrected chi connectivity index (χ0v) is 32.9. The molecule has 0 saturated heterocycles. The van der Waals surface area contributed by atoms with Gasteiger partial charge in [0.25, 0.3) is 0 Å². The zero-order valence-electron chi connectivity index (χ0n) is 32.9. The van der Waals surface area contributed by atoms with Crippen LogP contribution in [0.25, 0.3) is 89.7 Å². The van der Waals surface area contributed by atoms with Crippen molar-refractivity contribution in [2.45, 2.75) is 12.5 Å². The predicted molar refractivity (Wildman–Crippen MR) is 248 cm³/mol. The van der Waals surface area contributed by atoms with Gasteiger partial charge in [0.15, 0.2) is 5.82 Å². The average molecular weight is 769 g/mol. The van der Waals surface area contributed by atoms with E-state index in [2.05, 4.69) is 193 Å². The molecule has 1 aliphatic heterocycles. The fraction of sp³-hybridized carbons (Fsp3) is 0.0357. The second-order valence-corrected chi connectivity index (χ2v) is 15.0. The molecule has 2 aromatic heterocycles. The predicted octanol–water partition coefficient (Wildman–Crippen LogP) is 14.3. The lowest BCUT2D eigenvalue weighted by Crippen LogP contribution is -2.00. The van der Waals surface area contributed by atoms with Gasteiger partial charge in [-0.2, -0.15) is 0 Å². The second kappa shape index (κ2) is 16.6. The fourth-order valence-corrected chi connectivity index (χ4v) is 8.13. The van der Waals surface area contributed by atoms with Crippen molar-refractivity contribution < 1.29 is 0 Å². The van der Waals surface area contributed by atoms with Crippen LogP contribution in [0.1, 0.15) is 18.0 Å². The Morgan fingerprint density at radius 2 is 0.883 bits per heavy atom. The van der Waals surface area contributed by atoms with Crippen molar-refractivity contribution in [1.29, 1.82) is 0 Å².